The van der Waals surface area contributed by atoms with Crippen molar-refractivity contribution in [2.24, 2.45) is 5.73 Å². The minimum absolute atomic E-state index is 0.00401. The van der Waals surface area contributed by atoms with Gasteiger partial charge in [0.25, 0.3) is 0 Å². The molecule has 1 aliphatic heterocycles. The molecule has 0 aliphatic carbocycles. The van der Waals surface area contributed by atoms with Crippen molar-refractivity contribution in [3.8, 4) is 5.75 Å². The molecule has 0 unspecified atom stereocenters. The highest BCUT2D eigenvalue weighted by Crippen LogP contribution is 2.34. The number of nitrogens with zero attached hydrogens (tertiary/aromatic N) is 1. The molecule has 1 amide bonds. The number of carbonyl (C=O) groups excluding carboxylic acids is 1. The standard InChI is InChI=1S/C12H11F4N3O2/c13-11(14)12(15,16)21-9-4-2-1-3-8(9)19-6-7(5-18-19)10(17)20/h1-5,11,18H,6H2,(H2,17,20). The summed E-state index contributed by atoms with van der Waals surface area (Å²) in [5.74, 6) is -1.13. The number of anilines is 1. The zero-order chi connectivity index (χ0) is 15.6. The maximum absolute atomic E-state index is 13.0. The zero-order valence-electron chi connectivity index (χ0n) is 10.5. The SMILES string of the molecule is NC(=O)C1=CNN(c2ccccc2OC(F)(F)C(F)F)C1. The topological polar surface area (TPSA) is 67.6 Å². The number of alkyl halides is 4. The monoisotopic (exact) mass is 305 g/mol. The van der Waals surface area contributed by atoms with Gasteiger partial charge in [0.1, 0.15) is 0 Å². The predicted molar refractivity (Wildman–Crippen MR) is 65.8 cm³/mol. The molecule has 21 heavy (non-hydrogen) atoms. The summed E-state index contributed by atoms with van der Waals surface area (Å²) in [6, 6.07) is 5.36. The van der Waals surface area contributed by atoms with Crippen LogP contribution in [0.25, 0.3) is 0 Å². The third-order valence-corrected chi connectivity index (χ3v) is 2.70. The Balaban J connectivity index is 2.21. The summed E-state index contributed by atoms with van der Waals surface area (Å²) in [7, 11) is 0. The van der Waals surface area contributed by atoms with Crippen LogP contribution in [-0.4, -0.2) is 25.0 Å². The molecule has 1 aromatic rings. The fourth-order valence-corrected chi connectivity index (χ4v) is 1.68. The minimum atomic E-state index is -4.62. The second-order valence-corrected chi connectivity index (χ2v) is 4.18. The molecule has 0 spiro atoms. The summed E-state index contributed by atoms with van der Waals surface area (Å²) in [6.07, 6.45) is -7.28. The lowest BCUT2D eigenvalue weighted by Crippen LogP contribution is -2.36. The van der Waals surface area contributed by atoms with Crippen LogP contribution < -0.4 is 20.9 Å². The molecule has 0 atom stereocenters. The number of nitrogens with one attached hydrogen (secondary N) is 1. The number of hydrogen-bond acceptors (Lipinski definition) is 4. The number of carbonyl (C=O) groups is 1. The van der Waals surface area contributed by atoms with Gasteiger partial charge in [0.15, 0.2) is 5.75 Å². The Kier molecular flexibility index (Phi) is 3.92. The lowest BCUT2D eigenvalue weighted by molar-refractivity contribution is -0.253. The van der Waals surface area contributed by atoms with E-state index in [0.29, 0.717) is 0 Å². The van der Waals surface area contributed by atoms with Gasteiger partial charge in [-0.1, -0.05) is 12.1 Å². The highest BCUT2D eigenvalue weighted by Gasteiger charge is 2.44. The molecule has 0 saturated carbocycles. The highest BCUT2D eigenvalue weighted by atomic mass is 19.3. The van der Waals surface area contributed by atoms with Gasteiger partial charge in [-0.3, -0.25) is 9.80 Å². The molecule has 3 N–H and O–H groups in total. The first-order valence-electron chi connectivity index (χ1n) is 5.78. The number of primary amides is 1. The first kappa shape index (κ1) is 14.9. The van der Waals surface area contributed by atoms with Crippen LogP contribution >= 0.6 is 0 Å². The normalized spacial score (nSPS) is 14.9. The van der Waals surface area contributed by atoms with Gasteiger partial charge in [0.2, 0.25) is 5.91 Å². The number of halogens is 4. The average Bonchev–Trinajstić information content (AvgIpc) is 2.88. The number of hydrogen-bond donors (Lipinski definition) is 2. The van der Waals surface area contributed by atoms with Crippen LogP contribution in [0.3, 0.4) is 0 Å². The third kappa shape index (κ3) is 3.18. The molecule has 0 saturated heterocycles. The smallest absolute Gasteiger partial charge is 0.426 e. The van der Waals surface area contributed by atoms with Crippen LogP contribution in [-0.2, 0) is 4.79 Å². The summed E-state index contributed by atoms with van der Waals surface area (Å²) in [5.41, 5.74) is 8.00. The molecule has 9 heteroatoms. The summed E-state index contributed by atoms with van der Waals surface area (Å²) < 4.78 is 54.5. The van der Waals surface area contributed by atoms with Crippen LogP contribution in [0.15, 0.2) is 36.0 Å². The second-order valence-electron chi connectivity index (χ2n) is 4.18. The van der Waals surface area contributed by atoms with Crippen molar-refractivity contribution in [1.29, 1.82) is 0 Å². The van der Waals surface area contributed by atoms with Gasteiger partial charge in [0, 0.05) is 6.20 Å². The Morgan fingerprint density at radius 3 is 2.62 bits per heavy atom. The van der Waals surface area contributed by atoms with Crippen molar-refractivity contribution in [2.75, 3.05) is 11.6 Å². The summed E-state index contributed by atoms with van der Waals surface area (Å²) in [6.45, 7) is -0.00401. The van der Waals surface area contributed by atoms with Crippen molar-refractivity contribution in [3.63, 3.8) is 0 Å². The third-order valence-electron chi connectivity index (χ3n) is 2.70. The van der Waals surface area contributed by atoms with Crippen molar-refractivity contribution >= 4 is 11.6 Å². The number of hydrazine groups is 1. The van der Waals surface area contributed by atoms with Gasteiger partial charge in [-0.2, -0.15) is 17.6 Å². The van der Waals surface area contributed by atoms with Gasteiger partial charge in [0.05, 0.1) is 17.8 Å². The second kappa shape index (κ2) is 5.51. The van der Waals surface area contributed by atoms with E-state index in [9.17, 15) is 22.4 Å². The first-order chi connectivity index (χ1) is 9.81. The maximum Gasteiger partial charge on any atom is 0.461 e. The summed E-state index contributed by atoms with van der Waals surface area (Å²) in [5, 5.41) is 1.27. The molecular formula is C12H11F4N3O2. The maximum atomic E-state index is 13.0. The highest BCUT2D eigenvalue weighted by molar-refractivity contribution is 5.93. The minimum Gasteiger partial charge on any atom is -0.426 e. The Morgan fingerprint density at radius 1 is 1.38 bits per heavy atom. The van der Waals surface area contributed by atoms with E-state index in [4.69, 9.17) is 5.73 Å². The van der Waals surface area contributed by atoms with Gasteiger partial charge >= 0.3 is 12.5 Å². The van der Waals surface area contributed by atoms with Crippen molar-refractivity contribution < 1.29 is 27.1 Å². The number of para-hydroxylation sites is 2. The number of benzene rings is 1. The van der Waals surface area contributed by atoms with Crippen LogP contribution in [0.1, 0.15) is 0 Å². The largest absolute Gasteiger partial charge is 0.461 e. The quantitative estimate of drug-likeness (QED) is 0.811. The Morgan fingerprint density at radius 2 is 2.05 bits per heavy atom. The van der Waals surface area contributed by atoms with Crippen LogP contribution in [0.5, 0.6) is 5.75 Å². The van der Waals surface area contributed by atoms with Gasteiger partial charge in [-0.05, 0) is 12.1 Å². The summed E-state index contributed by atoms with van der Waals surface area (Å²) in [4.78, 5) is 11.0. The van der Waals surface area contributed by atoms with E-state index in [-0.39, 0.29) is 17.8 Å². The van der Waals surface area contributed by atoms with Crippen molar-refractivity contribution in [2.45, 2.75) is 12.5 Å². The van der Waals surface area contributed by atoms with Crippen LogP contribution in [0, 0.1) is 0 Å². The Labute approximate surface area is 116 Å². The lowest BCUT2D eigenvalue weighted by Gasteiger charge is -2.24. The van der Waals surface area contributed by atoms with E-state index in [1.807, 2.05) is 0 Å². The van der Waals surface area contributed by atoms with E-state index in [1.54, 1.807) is 0 Å². The van der Waals surface area contributed by atoms with E-state index >= 15 is 0 Å². The van der Waals surface area contributed by atoms with Crippen LogP contribution in [0.4, 0.5) is 23.2 Å². The van der Waals surface area contributed by atoms with E-state index in [0.717, 1.165) is 6.07 Å². The number of ether oxygens (including phenoxy) is 1. The molecule has 1 aliphatic rings. The van der Waals surface area contributed by atoms with E-state index < -0.39 is 24.2 Å². The average molecular weight is 305 g/mol. The fraction of sp³-hybridized carbons (Fsp3) is 0.250. The summed E-state index contributed by atoms with van der Waals surface area (Å²) >= 11 is 0. The number of rotatable bonds is 5. The molecule has 0 radical (unpaired) electrons. The van der Waals surface area contributed by atoms with Crippen LogP contribution in [0.2, 0.25) is 0 Å². The molecule has 2 rings (SSSR count). The van der Waals surface area contributed by atoms with E-state index in [1.165, 1.54) is 29.4 Å². The number of amides is 1. The lowest BCUT2D eigenvalue weighted by atomic mass is 10.2. The predicted octanol–water partition coefficient (Wildman–Crippen LogP) is 1.62. The van der Waals surface area contributed by atoms with Gasteiger partial charge in [-0.15, -0.1) is 0 Å². The van der Waals surface area contributed by atoms with Crippen molar-refractivity contribution in [3.05, 3.63) is 36.0 Å². The zero-order valence-corrected chi connectivity index (χ0v) is 10.5. The Hall–Kier alpha value is -2.45. The molecule has 0 fully saturated rings. The molecule has 1 heterocycles. The van der Waals surface area contributed by atoms with Gasteiger partial charge < -0.3 is 15.9 Å². The molecule has 1 aromatic carbocycles. The molecular weight excluding hydrogens is 294 g/mol. The molecule has 5 nitrogen and oxygen atoms in total. The van der Waals surface area contributed by atoms with Crippen molar-refractivity contribution in [1.82, 2.24) is 5.43 Å². The molecule has 0 aromatic heterocycles. The van der Waals surface area contributed by atoms with Gasteiger partial charge in [-0.25, -0.2) is 0 Å². The molecule has 0 bridgehead atoms. The Bertz CT molecular complexity index is 577. The van der Waals surface area contributed by atoms with E-state index in [2.05, 4.69) is 10.2 Å². The number of nitrogens with two attached hydrogens (primary N) is 1. The first-order valence-corrected chi connectivity index (χ1v) is 5.78. The fourth-order valence-electron chi connectivity index (χ4n) is 1.68. The molecule has 114 valence electrons.